The smallest absolute Gasteiger partial charge is 0.244 e. The molecule has 2 aromatic carbocycles. The van der Waals surface area contributed by atoms with Crippen LogP contribution in [0.4, 0.5) is 0 Å². The summed E-state index contributed by atoms with van der Waals surface area (Å²) in [5.74, 6) is 1.14. The number of nitriles is 1. The van der Waals surface area contributed by atoms with Crippen LogP contribution in [0.25, 0.3) is 11.3 Å². The molecule has 0 fully saturated rings. The Labute approximate surface area is 186 Å². The lowest BCUT2D eigenvalue weighted by Gasteiger charge is -2.26. The van der Waals surface area contributed by atoms with Crippen LogP contribution in [0.3, 0.4) is 0 Å². The summed E-state index contributed by atoms with van der Waals surface area (Å²) in [6.45, 7) is 0.154. The van der Waals surface area contributed by atoms with E-state index < -0.39 is 5.92 Å². The van der Waals surface area contributed by atoms with Crippen molar-refractivity contribution in [2.75, 3.05) is 13.9 Å². The monoisotopic (exact) mass is 456 g/mol. The number of nitrogens with two attached hydrogens (primary N) is 1. The zero-order chi connectivity index (χ0) is 21.7. The first-order valence-electron chi connectivity index (χ1n) is 9.10. The maximum atomic E-state index is 9.90. The number of ether oxygens (including phenoxy) is 4. The molecular weight excluding hydrogens is 443 g/mol. The lowest BCUT2D eigenvalue weighted by atomic mass is 9.82. The van der Waals surface area contributed by atoms with Crippen molar-refractivity contribution in [3.8, 4) is 40.5 Å². The first kappa shape index (κ1) is 19.4. The first-order valence-corrected chi connectivity index (χ1v) is 9.86. The van der Waals surface area contributed by atoms with Crippen LogP contribution in [0, 0.1) is 11.3 Å². The van der Waals surface area contributed by atoms with Gasteiger partial charge in [-0.3, -0.25) is 5.10 Å². The quantitative estimate of drug-likeness (QED) is 0.601. The molecule has 0 saturated carbocycles. The molecule has 2 aliphatic heterocycles. The highest BCUT2D eigenvalue weighted by atomic mass is 35.5. The number of hydrogen-bond donors (Lipinski definition) is 2. The molecule has 0 spiro atoms. The lowest BCUT2D eigenvalue weighted by Crippen LogP contribution is -2.21. The van der Waals surface area contributed by atoms with Crippen molar-refractivity contribution in [2.45, 2.75) is 5.92 Å². The van der Waals surface area contributed by atoms with Crippen LogP contribution in [0.15, 0.2) is 41.8 Å². The zero-order valence-corrected chi connectivity index (χ0v) is 17.5. The number of benzene rings is 2. The number of allylic oxidation sites excluding steroid dienone is 1. The maximum absolute atomic E-state index is 9.90. The van der Waals surface area contributed by atoms with Crippen LogP contribution in [0.1, 0.15) is 17.0 Å². The zero-order valence-electron chi connectivity index (χ0n) is 16.0. The summed E-state index contributed by atoms with van der Waals surface area (Å²) in [5, 5.41) is 17.9. The van der Waals surface area contributed by atoms with Crippen molar-refractivity contribution in [3.05, 3.63) is 63.0 Å². The molecule has 3 heterocycles. The summed E-state index contributed by atoms with van der Waals surface area (Å²) in [5.41, 5.74) is 8.79. The molecule has 0 radical (unpaired) electrons. The molecule has 0 amide bonds. The molecule has 2 aliphatic rings. The average molecular weight is 457 g/mol. The summed E-state index contributed by atoms with van der Waals surface area (Å²) >= 11 is 12.7. The first-order chi connectivity index (χ1) is 15.0. The Morgan fingerprint density at radius 2 is 2.03 bits per heavy atom. The third kappa shape index (κ3) is 3.02. The summed E-state index contributed by atoms with van der Waals surface area (Å²) in [6, 6.07) is 10.9. The van der Waals surface area contributed by atoms with Crippen LogP contribution in [-0.2, 0) is 0 Å². The van der Waals surface area contributed by atoms with E-state index in [4.69, 9.17) is 47.9 Å². The van der Waals surface area contributed by atoms with E-state index in [0.29, 0.717) is 44.1 Å². The summed E-state index contributed by atoms with van der Waals surface area (Å²) < 4.78 is 22.1. The highest BCUT2D eigenvalue weighted by molar-refractivity contribution is 6.35. The van der Waals surface area contributed by atoms with E-state index in [-0.39, 0.29) is 24.1 Å². The maximum Gasteiger partial charge on any atom is 0.244 e. The second kappa shape index (κ2) is 7.30. The van der Waals surface area contributed by atoms with Crippen LogP contribution in [0.5, 0.6) is 23.1 Å². The van der Waals surface area contributed by atoms with Gasteiger partial charge in [0.05, 0.1) is 29.3 Å². The van der Waals surface area contributed by atoms with E-state index >= 15 is 0 Å². The molecule has 5 rings (SSSR count). The molecule has 3 N–H and O–H groups in total. The van der Waals surface area contributed by atoms with E-state index in [1.165, 1.54) is 7.11 Å². The van der Waals surface area contributed by atoms with Gasteiger partial charge >= 0.3 is 0 Å². The minimum atomic E-state index is -0.681. The Kier molecular flexibility index (Phi) is 4.58. The molecule has 0 aliphatic carbocycles. The molecule has 31 heavy (non-hydrogen) atoms. The SMILES string of the molecule is COc1c(Cl)cc(Cl)cc1[C@@H]1C(C#N)=C(N)Oc2n[nH]c(-c3ccc4c(c3)OCO4)c21. The molecule has 10 heteroatoms. The van der Waals surface area contributed by atoms with Crippen molar-refractivity contribution in [2.24, 2.45) is 5.73 Å². The van der Waals surface area contributed by atoms with E-state index in [0.717, 1.165) is 5.56 Å². The second-order valence-electron chi connectivity index (χ2n) is 6.82. The topological polar surface area (TPSA) is 115 Å². The predicted molar refractivity (Wildman–Crippen MR) is 112 cm³/mol. The van der Waals surface area contributed by atoms with Gasteiger partial charge in [-0.05, 0) is 30.3 Å². The Morgan fingerprint density at radius 3 is 2.81 bits per heavy atom. The van der Waals surface area contributed by atoms with Gasteiger partial charge < -0.3 is 24.7 Å². The number of nitrogens with zero attached hydrogens (tertiary/aromatic N) is 2. The molecule has 3 aromatic rings. The van der Waals surface area contributed by atoms with Crippen molar-refractivity contribution in [1.82, 2.24) is 10.2 Å². The number of fused-ring (bicyclic) bond motifs is 2. The van der Waals surface area contributed by atoms with Crippen LogP contribution >= 0.6 is 23.2 Å². The van der Waals surface area contributed by atoms with Gasteiger partial charge in [0.25, 0.3) is 0 Å². The van der Waals surface area contributed by atoms with Crippen molar-refractivity contribution >= 4 is 23.2 Å². The van der Waals surface area contributed by atoms with E-state index in [2.05, 4.69) is 16.3 Å². The molecule has 156 valence electrons. The van der Waals surface area contributed by atoms with Gasteiger partial charge in [0.2, 0.25) is 18.6 Å². The number of rotatable bonds is 3. The fourth-order valence-electron chi connectivity index (χ4n) is 3.84. The van der Waals surface area contributed by atoms with Gasteiger partial charge in [0.1, 0.15) is 17.4 Å². The van der Waals surface area contributed by atoms with Gasteiger partial charge in [-0.25, -0.2) is 0 Å². The van der Waals surface area contributed by atoms with Crippen LogP contribution < -0.4 is 24.7 Å². The van der Waals surface area contributed by atoms with E-state index in [9.17, 15) is 5.26 Å². The molecule has 0 unspecified atom stereocenters. The van der Waals surface area contributed by atoms with Gasteiger partial charge in [0.15, 0.2) is 11.5 Å². The number of aromatic amines is 1. The third-order valence-corrected chi connectivity index (χ3v) is 5.65. The van der Waals surface area contributed by atoms with Crippen LogP contribution in [-0.4, -0.2) is 24.1 Å². The number of aromatic nitrogens is 2. The minimum Gasteiger partial charge on any atom is -0.495 e. The molecule has 1 atom stereocenters. The number of halogens is 2. The highest BCUT2D eigenvalue weighted by Crippen LogP contribution is 2.50. The Balaban J connectivity index is 1.76. The second-order valence-corrected chi connectivity index (χ2v) is 7.66. The van der Waals surface area contributed by atoms with Gasteiger partial charge in [-0.15, -0.1) is 5.10 Å². The average Bonchev–Trinajstić information content (AvgIpc) is 3.38. The fraction of sp³-hybridized carbons (Fsp3) is 0.143. The lowest BCUT2D eigenvalue weighted by molar-refractivity contribution is 0.174. The normalized spacial score (nSPS) is 16.5. The standard InChI is InChI=1S/C21H14Cl2N4O4/c1-28-19-11(5-10(22)6-13(19)23)16-12(7-24)20(25)31-21-17(16)18(26-27-21)9-2-3-14-15(4-9)30-8-29-14/h2-6,16H,8,25H2,1H3,(H,26,27)/t16-/m1/s1. The Bertz CT molecular complexity index is 1300. The van der Waals surface area contributed by atoms with Gasteiger partial charge in [-0.2, -0.15) is 5.26 Å². The predicted octanol–water partition coefficient (Wildman–Crippen LogP) is 4.34. The minimum absolute atomic E-state index is 0.0538. The van der Waals surface area contributed by atoms with Crippen molar-refractivity contribution in [3.63, 3.8) is 0 Å². The highest BCUT2D eigenvalue weighted by Gasteiger charge is 2.38. The van der Waals surface area contributed by atoms with E-state index in [1.807, 2.05) is 12.1 Å². The molecular formula is C21H14Cl2N4O4. The Morgan fingerprint density at radius 1 is 1.23 bits per heavy atom. The molecule has 0 bridgehead atoms. The number of methoxy groups -OCH3 is 1. The summed E-state index contributed by atoms with van der Waals surface area (Å²) in [4.78, 5) is 0. The number of H-pyrrole nitrogens is 1. The third-order valence-electron chi connectivity index (χ3n) is 5.15. The number of hydrogen-bond acceptors (Lipinski definition) is 7. The fourth-order valence-corrected chi connectivity index (χ4v) is 4.42. The van der Waals surface area contributed by atoms with Gasteiger partial charge in [-0.1, -0.05) is 23.2 Å². The molecule has 8 nitrogen and oxygen atoms in total. The van der Waals surface area contributed by atoms with Crippen molar-refractivity contribution < 1.29 is 18.9 Å². The summed E-state index contributed by atoms with van der Waals surface area (Å²) in [7, 11) is 1.49. The van der Waals surface area contributed by atoms with Gasteiger partial charge in [0, 0.05) is 16.1 Å². The molecule has 1 aromatic heterocycles. The molecule has 0 saturated heterocycles. The van der Waals surface area contributed by atoms with Crippen LogP contribution in [0.2, 0.25) is 10.0 Å². The largest absolute Gasteiger partial charge is 0.495 e. The number of nitrogens with one attached hydrogen (secondary N) is 1. The summed E-state index contributed by atoms with van der Waals surface area (Å²) in [6.07, 6.45) is 0. The van der Waals surface area contributed by atoms with E-state index in [1.54, 1.807) is 18.2 Å². The van der Waals surface area contributed by atoms with Crippen molar-refractivity contribution in [1.29, 1.82) is 5.26 Å². The Hall–Kier alpha value is -3.54.